The topological polar surface area (TPSA) is 46.2 Å². The van der Waals surface area contributed by atoms with Crippen molar-refractivity contribution in [2.75, 3.05) is 6.54 Å². The van der Waals surface area contributed by atoms with Crippen LogP contribution in [0.25, 0.3) is 0 Å². The van der Waals surface area contributed by atoms with Gasteiger partial charge in [-0.1, -0.05) is 29.8 Å². The van der Waals surface area contributed by atoms with E-state index in [1.165, 1.54) is 5.56 Å². The van der Waals surface area contributed by atoms with Gasteiger partial charge in [0.15, 0.2) is 0 Å². The summed E-state index contributed by atoms with van der Waals surface area (Å²) < 4.78 is 0. The quantitative estimate of drug-likeness (QED) is 0.740. The third-order valence-electron chi connectivity index (χ3n) is 2.14. The van der Waals surface area contributed by atoms with Crippen molar-refractivity contribution in [3.05, 3.63) is 35.4 Å². The summed E-state index contributed by atoms with van der Waals surface area (Å²) in [7, 11) is 0. The van der Waals surface area contributed by atoms with Gasteiger partial charge in [0, 0.05) is 0 Å². The molecule has 0 radical (unpaired) electrons. The van der Waals surface area contributed by atoms with Crippen LogP contribution in [-0.4, -0.2) is 11.7 Å². The van der Waals surface area contributed by atoms with Gasteiger partial charge in [-0.3, -0.25) is 0 Å². The van der Waals surface area contributed by atoms with Crippen LogP contribution in [0.3, 0.4) is 0 Å². The average molecular weight is 179 g/mol. The fraction of sp³-hybridized carbons (Fsp3) is 0.455. The Labute approximate surface area is 79.4 Å². The number of aliphatic hydroxyl groups excluding tert-OH is 1. The highest BCUT2D eigenvalue weighted by atomic mass is 16.3. The van der Waals surface area contributed by atoms with Crippen molar-refractivity contribution in [1.82, 2.24) is 0 Å². The van der Waals surface area contributed by atoms with Gasteiger partial charge in [-0.2, -0.15) is 0 Å². The molecular weight excluding hydrogens is 162 g/mol. The first-order valence-corrected chi connectivity index (χ1v) is 4.68. The molecule has 0 fully saturated rings. The largest absolute Gasteiger partial charge is 0.388 e. The SMILES string of the molecule is Cc1ccc([C@@H](O)CCCN)cc1. The molecule has 0 aliphatic carbocycles. The lowest BCUT2D eigenvalue weighted by molar-refractivity contribution is 0.165. The lowest BCUT2D eigenvalue weighted by Crippen LogP contribution is -2.03. The minimum atomic E-state index is -0.357. The Hall–Kier alpha value is -0.860. The predicted octanol–water partition coefficient (Wildman–Crippen LogP) is 1.77. The van der Waals surface area contributed by atoms with E-state index in [9.17, 15) is 5.11 Å². The highest BCUT2D eigenvalue weighted by Crippen LogP contribution is 2.17. The molecule has 0 heterocycles. The Balaban J connectivity index is 2.55. The molecule has 0 unspecified atom stereocenters. The third kappa shape index (κ3) is 3.17. The Morgan fingerprint density at radius 2 is 1.92 bits per heavy atom. The molecule has 2 heteroatoms. The molecule has 0 saturated carbocycles. The van der Waals surface area contributed by atoms with Crippen LogP contribution in [-0.2, 0) is 0 Å². The number of hydrogen-bond acceptors (Lipinski definition) is 2. The maximum atomic E-state index is 9.69. The van der Waals surface area contributed by atoms with E-state index in [1.807, 2.05) is 31.2 Å². The van der Waals surface area contributed by atoms with Crippen LogP contribution in [0.4, 0.5) is 0 Å². The lowest BCUT2D eigenvalue weighted by Gasteiger charge is -2.09. The standard InChI is InChI=1S/C11H17NO/c1-9-4-6-10(7-5-9)11(13)3-2-8-12/h4-7,11,13H,2-3,8,12H2,1H3/t11-/m0/s1. The van der Waals surface area contributed by atoms with E-state index in [1.54, 1.807) is 0 Å². The van der Waals surface area contributed by atoms with E-state index >= 15 is 0 Å². The van der Waals surface area contributed by atoms with Crippen LogP contribution in [0.15, 0.2) is 24.3 Å². The van der Waals surface area contributed by atoms with Gasteiger partial charge in [-0.15, -0.1) is 0 Å². The number of rotatable bonds is 4. The Kier molecular flexibility index (Phi) is 3.93. The molecule has 2 nitrogen and oxygen atoms in total. The molecule has 1 aromatic rings. The monoisotopic (exact) mass is 179 g/mol. The van der Waals surface area contributed by atoms with Gasteiger partial charge < -0.3 is 10.8 Å². The Morgan fingerprint density at radius 3 is 2.46 bits per heavy atom. The smallest absolute Gasteiger partial charge is 0.0790 e. The highest BCUT2D eigenvalue weighted by Gasteiger charge is 2.05. The fourth-order valence-corrected chi connectivity index (χ4v) is 1.27. The molecule has 0 saturated heterocycles. The van der Waals surface area contributed by atoms with E-state index in [-0.39, 0.29) is 6.10 Å². The summed E-state index contributed by atoms with van der Waals surface area (Å²) in [5.41, 5.74) is 7.57. The summed E-state index contributed by atoms with van der Waals surface area (Å²) in [6.45, 7) is 2.68. The second kappa shape index (κ2) is 5.00. The molecule has 0 aliphatic rings. The van der Waals surface area contributed by atoms with Crippen LogP contribution in [0, 0.1) is 6.92 Å². The van der Waals surface area contributed by atoms with Crippen LogP contribution in [0.2, 0.25) is 0 Å². The van der Waals surface area contributed by atoms with E-state index in [4.69, 9.17) is 5.73 Å². The molecule has 0 spiro atoms. The van der Waals surface area contributed by atoms with Gasteiger partial charge >= 0.3 is 0 Å². The van der Waals surface area contributed by atoms with Gasteiger partial charge in [0.05, 0.1) is 6.10 Å². The molecule has 1 aromatic carbocycles. The van der Waals surface area contributed by atoms with E-state index in [0.717, 1.165) is 18.4 Å². The van der Waals surface area contributed by atoms with E-state index < -0.39 is 0 Å². The Bertz CT molecular complexity index is 243. The minimum Gasteiger partial charge on any atom is -0.388 e. The van der Waals surface area contributed by atoms with Crippen molar-refractivity contribution in [1.29, 1.82) is 0 Å². The molecule has 0 amide bonds. The van der Waals surface area contributed by atoms with Gasteiger partial charge in [-0.05, 0) is 31.9 Å². The second-order valence-electron chi connectivity index (χ2n) is 3.36. The highest BCUT2D eigenvalue weighted by molar-refractivity contribution is 5.22. The second-order valence-corrected chi connectivity index (χ2v) is 3.36. The van der Waals surface area contributed by atoms with Gasteiger partial charge in [-0.25, -0.2) is 0 Å². The number of aliphatic hydroxyl groups is 1. The van der Waals surface area contributed by atoms with Crippen LogP contribution >= 0.6 is 0 Å². The molecule has 72 valence electrons. The predicted molar refractivity (Wildman–Crippen MR) is 54.4 cm³/mol. The molecule has 0 aromatic heterocycles. The fourth-order valence-electron chi connectivity index (χ4n) is 1.27. The van der Waals surface area contributed by atoms with Crippen molar-refractivity contribution in [2.45, 2.75) is 25.9 Å². The van der Waals surface area contributed by atoms with Crippen LogP contribution < -0.4 is 5.73 Å². The van der Waals surface area contributed by atoms with Crippen LogP contribution in [0.5, 0.6) is 0 Å². The van der Waals surface area contributed by atoms with Gasteiger partial charge in [0.25, 0.3) is 0 Å². The molecule has 0 aliphatic heterocycles. The summed E-state index contributed by atoms with van der Waals surface area (Å²) in [4.78, 5) is 0. The summed E-state index contributed by atoms with van der Waals surface area (Å²) in [6.07, 6.45) is 1.26. The van der Waals surface area contributed by atoms with Gasteiger partial charge in [0.2, 0.25) is 0 Å². The summed E-state index contributed by atoms with van der Waals surface area (Å²) >= 11 is 0. The number of hydrogen-bond donors (Lipinski definition) is 2. The number of benzene rings is 1. The Morgan fingerprint density at radius 1 is 1.31 bits per heavy atom. The summed E-state index contributed by atoms with van der Waals surface area (Å²) in [5.74, 6) is 0. The molecule has 3 N–H and O–H groups in total. The number of aryl methyl sites for hydroxylation is 1. The molecular formula is C11H17NO. The molecule has 1 atom stereocenters. The lowest BCUT2D eigenvalue weighted by atomic mass is 10.0. The third-order valence-corrected chi connectivity index (χ3v) is 2.14. The van der Waals surface area contributed by atoms with Crippen molar-refractivity contribution >= 4 is 0 Å². The van der Waals surface area contributed by atoms with E-state index in [2.05, 4.69) is 0 Å². The van der Waals surface area contributed by atoms with Crippen molar-refractivity contribution in [2.24, 2.45) is 5.73 Å². The zero-order valence-electron chi connectivity index (χ0n) is 8.03. The van der Waals surface area contributed by atoms with Gasteiger partial charge in [0.1, 0.15) is 0 Å². The molecule has 0 bridgehead atoms. The summed E-state index contributed by atoms with van der Waals surface area (Å²) in [5, 5.41) is 9.69. The maximum absolute atomic E-state index is 9.69. The zero-order valence-corrected chi connectivity index (χ0v) is 8.03. The van der Waals surface area contributed by atoms with Crippen LogP contribution in [0.1, 0.15) is 30.1 Å². The first kappa shape index (κ1) is 10.2. The van der Waals surface area contributed by atoms with E-state index in [0.29, 0.717) is 6.54 Å². The normalized spacial score (nSPS) is 12.8. The first-order valence-electron chi connectivity index (χ1n) is 4.68. The molecule has 1 rings (SSSR count). The summed E-state index contributed by atoms with van der Waals surface area (Å²) in [6, 6.07) is 7.97. The first-order chi connectivity index (χ1) is 6.24. The average Bonchev–Trinajstić information content (AvgIpc) is 2.15. The van der Waals surface area contributed by atoms with Crippen molar-refractivity contribution < 1.29 is 5.11 Å². The minimum absolute atomic E-state index is 0.357. The maximum Gasteiger partial charge on any atom is 0.0790 e. The molecule has 13 heavy (non-hydrogen) atoms. The van der Waals surface area contributed by atoms with Crippen molar-refractivity contribution in [3.63, 3.8) is 0 Å². The zero-order chi connectivity index (χ0) is 9.68. The number of nitrogens with two attached hydrogens (primary N) is 1. The van der Waals surface area contributed by atoms with Crippen molar-refractivity contribution in [3.8, 4) is 0 Å².